The zero-order valence-corrected chi connectivity index (χ0v) is 17.0. The van der Waals surface area contributed by atoms with Gasteiger partial charge in [-0.15, -0.1) is 0 Å². The molecule has 1 saturated carbocycles. The zero-order chi connectivity index (χ0) is 22.2. The fourth-order valence-electron chi connectivity index (χ4n) is 3.49. The highest BCUT2D eigenvalue weighted by Gasteiger charge is 2.31. The third kappa shape index (κ3) is 3.36. The minimum absolute atomic E-state index is 0.255. The predicted molar refractivity (Wildman–Crippen MR) is 114 cm³/mol. The number of nitrogens with one attached hydrogen (secondary N) is 3. The Kier molecular flexibility index (Phi) is 4.82. The molecule has 0 aromatic carbocycles. The first-order chi connectivity index (χ1) is 15.5. The van der Waals surface area contributed by atoms with Crippen molar-refractivity contribution >= 4 is 28.9 Å². The van der Waals surface area contributed by atoms with Gasteiger partial charge in [0.1, 0.15) is 22.9 Å². The van der Waals surface area contributed by atoms with E-state index in [1.807, 2.05) is 0 Å². The first-order valence-electron chi connectivity index (χ1n) is 9.98. The van der Waals surface area contributed by atoms with Gasteiger partial charge in [0, 0.05) is 19.3 Å². The second-order valence-electron chi connectivity index (χ2n) is 7.36. The van der Waals surface area contributed by atoms with Gasteiger partial charge in [-0.3, -0.25) is 14.2 Å². The predicted octanol–water partition coefficient (Wildman–Crippen LogP) is 0.907. The van der Waals surface area contributed by atoms with E-state index in [1.54, 1.807) is 31.4 Å². The number of carbonyl (C=O) groups is 1. The van der Waals surface area contributed by atoms with E-state index in [-0.39, 0.29) is 34.6 Å². The molecule has 0 saturated heterocycles. The third-order valence-corrected chi connectivity index (χ3v) is 5.39. The number of nitrogens with zero attached hydrogens (tertiary/aromatic N) is 5. The van der Waals surface area contributed by atoms with Crippen LogP contribution in [0.2, 0.25) is 0 Å². The molecule has 0 bridgehead atoms. The molecule has 4 aromatic rings. The average Bonchev–Trinajstić information content (AvgIpc) is 3.47. The summed E-state index contributed by atoms with van der Waals surface area (Å²) in [7, 11) is 1.71. The molecule has 12 heteroatoms. The molecule has 5 rings (SSSR count). The topological polar surface area (TPSA) is 152 Å². The van der Waals surface area contributed by atoms with Crippen LogP contribution in [0.5, 0.6) is 0 Å². The summed E-state index contributed by atoms with van der Waals surface area (Å²) in [5, 5.41) is 22.8. The molecule has 1 aliphatic rings. The van der Waals surface area contributed by atoms with Crippen molar-refractivity contribution in [2.24, 2.45) is 0 Å². The maximum Gasteiger partial charge on any atom is 0.281 e. The van der Waals surface area contributed by atoms with Gasteiger partial charge in [0.25, 0.3) is 11.5 Å². The van der Waals surface area contributed by atoms with Crippen molar-refractivity contribution in [2.45, 2.75) is 25.0 Å². The molecule has 1 fully saturated rings. The number of oxazole rings is 1. The van der Waals surface area contributed by atoms with Crippen LogP contribution in [-0.2, 0) is 0 Å². The third-order valence-electron chi connectivity index (χ3n) is 5.39. The Morgan fingerprint density at radius 2 is 2.19 bits per heavy atom. The van der Waals surface area contributed by atoms with Gasteiger partial charge in [-0.05, 0) is 25.0 Å². The van der Waals surface area contributed by atoms with Crippen LogP contribution in [0.1, 0.15) is 23.2 Å². The van der Waals surface area contributed by atoms with Crippen molar-refractivity contribution in [3.8, 4) is 5.88 Å². The van der Waals surface area contributed by atoms with Crippen LogP contribution in [0.25, 0.3) is 11.5 Å². The monoisotopic (exact) mass is 436 g/mol. The van der Waals surface area contributed by atoms with Gasteiger partial charge in [0.05, 0.1) is 24.5 Å². The first-order valence-corrected chi connectivity index (χ1v) is 9.98. The molecule has 2 atom stereocenters. The van der Waals surface area contributed by atoms with Crippen LogP contribution >= 0.6 is 0 Å². The van der Waals surface area contributed by atoms with Crippen molar-refractivity contribution in [3.05, 3.63) is 59.1 Å². The summed E-state index contributed by atoms with van der Waals surface area (Å²) in [6.45, 7) is 0. The highest BCUT2D eigenvalue weighted by Crippen LogP contribution is 2.23. The van der Waals surface area contributed by atoms with E-state index in [2.05, 4.69) is 31.0 Å². The van der Waals surface area contributed by atoms with E-state index < -0.39 is 6.10 Å². The molecule has 164 valence electrons. The summed E-state index contributed by atoms with van der Waals surface area (Å²) in [4.78, 5) is 34.0. The molecule has 32 heavy (non-hydrogen) atoms. The van der Waals surface area contributed by atoms with E-state index in [1.165, 1.54) is 27.9 Å². The van der Waals surface area contributed by atoms with Crippen LogP contribution in [0.4, 0.5) is 17.3 Å². The molecular formula is C20H20N8O4. The van der Waals surface area contributed by atoms with Gasteiger partial charge in [0.15, 0.2) is 12.0 Å². The summed E-state index contributed by atoms with van der Waals surface area (Å²) in [6.07, 6.45) is 6.52. The molecule has 12 nitrogen and oxygen atoms in total. The molecule has 0 radical (unpaired) electrons. The van der Waals surface area contributed by atoms with Gasteiger partial charge in [-0.2, -0.15) is 9.61 Å². The molecule has 0 spiro atoms. The summed E-state index contributed by atoms with van der Waals surface area (Å²) < 4.78 is 8.02. The molecule has 4 aromatic heterocycles. The summed E-state index contributed by atoms with van der Waals surface area (Å²) in [5.74, 6) is 0.813. The van der Waals surface area contributed by atoms with Crippen LogP contribution < -0.4 is 21.5 Å². The van der Waals surface area contributed by atoms with Crippen molar-refractivity contribution in [3.63, 3.8) is 0 Å². The summed E-state index contributed by atoms with van der Waals surface area (Å²) >= 11 is 0. The zero-order valence-electron chi connectivity index (χ0n) is 17.0. The Morgan fingerprint density at radius 1 is 1.31 bits per heavy atom. The minimum Gasteiger partial charge on any atom is -0.427 e. The molecule has 1 aliphatic carbocycles. The van der Waals surface area contributed by atoms with Crippen LogP contribution in [0.3, 0.4) is 0 Å². The number of fused-ring (bicyclic) bond motifs is 1. The lowest BCUT2D eigenvalue weighted by atomic mass is 9.89. The fraction of sp³-hybridized carbons (Fsp3) is 0.250. The Bertz CT molecular complexity index is 1340. The quantitative estimate of drug-likeness (QED) is 0.345. The smallest absolute Gasteiger partial charge is 0.281 e. The Morgan fingerprint density at radius 3 is 2.88 bits per heavy atom. The molecule has 4 heterocycles. The normalized spacial score (nSPS) is 17.7. The van der Waals surface area contributed by atoms with Gasteiger partial charge < -0.3 is 25.5 Å². The lowest BCUT2D eigenvalue weighted by Gasteiger charge is -2.32. The second-order valence-corrected chi connectivity index (χ2v) is 7.36. The second kappa shape index (κ2) is 7.81. The molecular weight excluding hydrogens is 416 g/mol. The number of pyridine rings is 1. The van der Waals surface area contributed by atoms with Gasteiger partial charge in [0.2, 0.25) is 5.88 Å². The Labute approximate surface area is 180 Å². The lowest BCUT2D eigenvalue weighted by Crippen LogP contribution is -2.50. The Hall–Kier alpha value is -4.19. The number of aliphatic hydroxyl groups is 1. The number of anilines is 3. The van der Waals surface area contributed by atoms with Gasteiger partial charge in [-0.1, -0.05) is 0 Å². The van der Waals surface area contributed by atoms with E-state index >= 15 is 0 Å². The van der Waals surface area contributed by atoms with Crippen LogP contribution in [0, 0.1) is 0 Å². The largest absolute Gasteiger partial charge is 0.427 e. The lowest BCUT2D eigenvalue weighted by molar-refractivity contribution is 0.0448. The van der Waals surface area contributed by atoms with E-state index in [4.69, 9.17) is 4.42 Å². The SMILES string of the molecule is CNc1cc(Nc2cccn(-c3cnco3)c2=O)nc2c(C(=O)NC3CC[C@@H]3O)cnn12. The standard InChI is InChI=1S/C20H20N8O4/c1-21-16-7-15(24-13-3-2-6-27(20(13)31)17-9-22-10-32-17)26-18-11(8-23-28(16)18)19(30)25-12-4-5-14(12)29/h2-3,6-10,12,14,21,29H,4-5H2,1H3,(H,24,26)(H,25,30)/t12?,14-/m0/s1. The van der Waals surface area contributed by atoms with Gasteiger partial charge in [-0.25, -0.2) is 9.97 Å². The Balaban J connectivity index is 1.50. The molecule has 0 aliphatic heterocycles. The van der Waals surface area contributed by atoms with E-state index in [0.29, 0.717) is 23.7 Å². The molecule has 1 amide bonds. The number of aromatic nitrogens is 5. The van der Waals surface area contributed by atoms with Crippen molar-refractivity contribution in [1.29, 1.82) is 0 Å². The van der Waals surface area contributed by atoms with Crippen LogP contribution in [-0.4, -0.2) is 54.4 Å². The fourth-order valence-corrected chi connectivity index (χ4v) is 3.49. The number of hydrogen-bond donors (Lipinski definition) is 4. The molecule has 1 unspecified atom stereocenters. The van der Waals surface area contributed by atoms with Crippen molar-refractivity contribution in [1.82, 2.24) is 29.5 Å². The number of rotatable bonds is 6. The first kappa shape index (κ1) is 19.8. The maximum atomic E-state index is 12.9. The average molecular weight is 436 g/mol. The minimum atomic E-state index is -0.538. The number of hydrogen-bond acceptors (Lipinski definition) is 9. The number of amides is 1. The van der Waals surface area contributed by atoms with Gasteiger partial charge >= 0.3 is 0 Å². The van der Waals surface area contributed by atoms with E-state index in [0.717, 1.165) is 6.42 Å². The van der Waals surface area contributed by atoms with E-state index in [9.17, 15) is 14.7 Å². The van der Waals surface area contributed by atoms with Crippen LogP contribution in [0.15, 0.2) is 52.4 Å². The molecule has 4 N–H and O–H groups in total. The summed E-state index contributed by atoms with van der Waals surface area (Å²) in [5.41, 5.74) is 0.460. The summed E-state index contributed by atoms with van der Waals surface area (Å²) in [6, 6.07) is 4.69. The number of carbonyl (C=O) groups excluding carboxylic acids is 1. The maximum absolute atomic E-state index is 12.9. The highest BCUT2D eigenvalue weighted by molar-refractivity contribution is 6.00. The highest BCUT2D eigenvalue weighted by atomic mass is 16.4. The van der Waals surface area contributed by atoms with Crippen molar-refractivity contribution < 1.29 is 14.3 Å². The van der Waals surface area contributed by atoms with Crippen molar-refractivity contribution in [2.75, 3.05) is 17.7 Å². The number of aliphatic hydroxyl groups excluding tert-OH is 1.